The van der Waals surface area contributed by atoms with Crippen molar-refractivity contribution in [1.29, 1.82) is 0 Å². The molecule has 0 saturated carbocycles. The fourth-order valence-corrected chi connectivity index (χ4v) is 3.45. The number of halogens is 1. The molecule has 0 saturated heterocycles. The standard InChI is InChI=1S/C11H11N2S2.HI/c1-8-6-13-7-9(10-4-3-5-14-10)12(2)11(13)15-8;/h3-7H,1-2H3;1H/q+1;/p-1. The number of aromatic nitrogens is 2. The zero-order chi connectivity index (χ0) is 10.4. The van der Waals surface area contributed by atoms with E-state index in [1.54, 1.807) is 11.3 Å². The van der Waals surface area contributed by atoms with E-state index in [1.165, 1.54) is 20.4 Å². The van der Waals surface area contributed by atoms with E-state index in [-0.39, 0.29) is 24.0 Å². The second-order valence-corrected chi connectivity index (χ2v) is 5.74. The van der Waals surface area contributed by atoms with Gasteiger partial charge >= 0.3 is 4.96 Å². The quantitative estimate of drug-likeness (QED) is 0.421. The highest BCUT2D eigenvalue weighted by molar-refractivity contribution is 7.16. The molecular weight excluding hydrogens is 351 g/mol. The number of rotatable bonds is 1. The highest BCUT2D eigenvalue weighted by Gasteiger charge is 2.18. The van der Waals surface area contributed by atoms with Gasteiger partial charge in [0.2, 0.25) is 0 Å². The van der Waals surface area contributed by atoms with E-state index >= 15 is 0 Å². The molecule has 0 radical (unpaired) electrons. The molecule has 0 amide bonds. The molecular formula is C11H11IN2S2. The van der Waals surface area contributed by atoms with Gasteiger partial charge in [-0.05, 0) is 18.4 Å². The summed E-state index contributed by atoms with van der Waals surface area (Å²) in [7, 11) is 2.13. The molecule has 3 aromatic rings. The lowest BCUT2D eigenvalue weighted by Gasteiger charge is -1.89. The van der Waals surface area contributed by atoms with Gasteiger partial charge in [-0.2, -0.15) is 4.40 Å². The number of thiazole rings is 1. The second kappa shape index (κ2) is 4.46. The smallest absolute Gasteiger partial charge is 0.346 e. The van der Waals surface area contributed by atoms with Crippen molar-refractivity contribution < 1.29 is 28.4 Å². The molecule has 16 heavy (non-hydrogen) atoms. The van der Waals surface area contributed by atoms with Crippen LogP contribution in [0.4, 0.5) is 0 Å². The maximum Gasteiger partial charge on any atom is 0.346 e. The molecule has 0 spiro atoms. The Morgan fingerprint density at radius 3 is 2.75 bits per heavy atom. The number of thiophene rings is 1. The number of aryl methyl sites for hydroxylation is 2. The Kier molecular flexibility index (Phi) is 3.37. The van der Waals surface area contributed by atoms with Gasteiger partial charge in [-0.1, -0.05) is 17.4 Å². The van der Waals surface area contributed by atoms with Crippen LogP contribution in [0, 0.1) is 6.92 Å². The summed E-state index contributed by atoms with van der Waals surface area (Å²) in [4.78, 5) is 3.96. The van der Waals surface area contributed by atoms with Gasteiger partial charge in [0.1, 0.15) is 12.4 Å². The lowest BCUT2D eigenvalue weighted by atomic mass is 10.4. The molecule has 0 bridgehead atoms. The van der Waals surface area contributed by atoms with Crippen molar-refractivity contribution in [1.82, 2.24) is 4.57 Å². The minimum absolute atomic E-state index is 0. The zero-order valence-electron chi connectivity index (χ0n) is 8.98. The van der Waals surface area contributed by atoms with Crippen molar-refractivity contribution in [3.8, 4) is 10.6 Å². The van der Waals surface area contributed by atoms with E-state index in [0.29, 0.717) is 0 Å². The van der Waals surface area contributed by atoms with Crippen LogP contribution in [0.1, 0.15) is 4.88 Å². The first-order chi connectivity index (χ1) is 7.25. The summed E-state index contributed by atoms with van der Waals surface area (Å²) >= 11 is 3.61. The van der Waals surface area contributed by atoms with E-state index in [2.05, 4.69) is 52.8 Å². The van der Waals surface area contributed by atoms with Crippen LogP contribution in [0.2, 0.25) is 0 Å². The molecule has 3 aromatic heterocycles. The van der Waals surface area contributed by atoms with Crippen LogP contribution >= 0.6 is 22.7 Å². The lowest BCUT2D eigenvalue weighted by molar-refractivity contribution is -0.505. The van der Waals surface area contributed by atoms with Gasteiger partial charge in [-0.25, -0.2) is 4.57 Å². The van der Waals surface area contributed by atoms with Gasteiger partial charge in [0, 0.05) is 4.88 Å². The highest BCUT2D eigenvalue weighted by Crippen LogP contribution is 2.26. The Bertz CT molecular complexity index is 607. The fourth-order valence-electron chi connectivity index (χ4n) is 1.78. The monoisotopic (exact) mass is 362 g/mol. The van der Waals surface area contributed by atoms with E-state index in [1.807, 2.05) is 11.3 Å². The first-order valence-corrected chi connectivity index (χ1v) is 6.46. The minimum atomic E-state index is 0. The van der Waals surface area contributed by atoms with Gasteiger partial charge in [0.25, 0.3) is 0 Å². The van der Waals surface area contributed by atoms with Crippen LogP contribution in [-0.2, 0) is 7.05 Å². The molecule has 0 aromatic carbocycles. The van der Waals surface area contributed by atoms with Crippen LogP contribution in [0.25, 0.3) is 15.5 Å². The van der Waals surface area contributed by atoms with Crippen molar-refractivity contribution in [2.45, 2.75) is 6.92 Å². The van der Waals surface area contributed by atoms with Crippen LogP contribution in [0.5, 0.6) is 0 Å². The van der Waals surface area contributed by atoms with Crippen molar-refractivity contribution in [2.24, 2.45) is 7.05 Å². The third kappa shape index (κ3) is 1.80. The summed E-state index contributed by atoms with van der Waals surface area (Å²) in [5, 5.41) is 2.12. The maximum absolute atomic E-state index is 2.25. The minimum Gasteiger partial charge on any atom is -1.00 e. The number of hydrogen-bond donors (Lipinski definition) is 0. The van der Waals surface area contributed by atoms with Crippen LogP contribution in [-0.4, -0.2) is 4.57 Å². The molecule has 5 heteroatoms. The number of fused-ring (bicyclic) bond motifs is 1. The van der Waals surface area contributed by atoms with E-state index in [9.17, 15) is 0 Å². The van der Waals surface area contributed by atoms with Gasteiger partial charge in [-0.3, -0.25) is 0 Å². The lowest BCUT2D eigenvalue weighted by Crippen LogP contribution is -3.00. The second-order valence-electron chi connectivity index (χ2n) is 3.58. The molecule has 3 rings (SSSR count). The Balaban J connectivity index is 0.000000963. The summed E-state index contributed by atoms with van der Waals surface area (Å²) in [6.07, 6.45) is 4.38. The first-order valence-electron chi connectivity index (χ1n) is 4.77. The molecule has 0 aliphatic carbocycles. The summed E-state index contributed by atoms with van der Waals surface area (Å²) in [6.45, 7) is 2.14. The van der Waals surface area contributed by atoms with E-state index in [4.69, 9.17) is 0 Å². The Morgan fingerprint density at radius 2 is 2.12 bits per heavy atom. The predicted octanol–water partition coefficient (Wildman–Crippen LogP) is -0.134. The molecule has 0 N–H and O–H groups in total. The van der Waals surface area contributed by atoms with Crippen LogP contribution in [0.15, 0.2) is 29.9 Å². The summed E-state index contributed by atoms with van der Waals surface area (Å²) < 4.78 is 4.46. The van der Waals surface area contributed by atoms with Gasteiger partial charge in [0.05, 0.1) is 11.9 Å². The Labute approximate surface area is 119 Å². The third-order valence-corrected chi connectivity index (χ3v) is 4.46. The number of hydrogen-bond acceptors (Lipinski definition) is 2. The average Bonchev–Trinajstić information content (AvgIpc) is 2.84. The Morgan fingerprint density at radius 1 is 1.31 bits per heavy atom. The molecule has 2 nitrogen and oxygen atoms in total. The first kappa shape index (κ1) is 12.1. The maximum atomic E-state index is 2.25. The molecule has 0 aliphatic heterocycles. The van der Waals surface area contributed by atoms with Crippen molar-refractivity contribution >= 4 is 27.6 Å². The third-order valence-electron chi connectivity index (χ3n) is 2.48. The molecule has 0 atom stereocenters. The fraction of sp³-hybridized carbons (Fsp3) is 0.182. The Hall–Kier alpha value is -0.400. The van der Waals surface area contributed by atoms with Crippen LogP contribution in [0.3, 0.4) is 0 Å². The van der Waals surface area contributed by atoms with Crippen molar-refractivity contribution in [2.75, 3.05) is 0 Å². The van der Waals surface area contributed by atoms with Gasteiger partial charge in [-0.15, -0.1) is 11.3 Å². The summed E-state index contributed by atoms with van der Waals surface area (Å²) in [6, 6.07) is 4.26. The highest BCUT2D eigenvalue weighted by atomic mass is 127. The number of nitrogens with zero attached hydrogens (tertiary/aromatic N) is 2. The zero-order valence-corrected chi connectivity index (χ0v) is 12.8. The van der Waals surface area contributed by atoms with E-state index in [0.717, 1.165) is 0 Å². The van der Waals surface area contributed by atoms with Crippen molar-refractivity contribution in [3.05, 3.63) is 34.8 Å². The molecule has 0 fully saturated rings. The topological polar surface area (TPSA) is 9.03 Å². The normalized spacial score (nSPS) is 10.6. The SMILES string of the molecule is Cc1c[n+]2cc(-c3cccs3)n(C)c2s1.[I-]. The van der Waals surface area contributed by atoms with Crippen LogP contribution < -0.4 is 28.4 Å². The molecule has 0 aliphatic rings. The molecule has 84 valence electrons. The predicted molar refractivity (Wildman–Crippen MR) is 64.5 cm³/mol. The molecule has 0 unspecified atom stereocenters. The number of imidazole rings is 1. The largest absolute Gasteiger partial charge is 1.00 e. The molecule has 3 heterocycles. The van der Waals surface area contributed by atoms with Crippen molar-refractivity contribution in [3.63, 3.8) is 0 Å². The van der Waals surface area contributed by atoms with Gasteiger partial charge < -0.3 is 24.0 Å². The summed E-state index contributed by atoms with van der Waals surface area (Å²) in [5.74, 6) is 0. The van der Waals surface area contributed by atoms with Gasteiger partial charge in [0.15, 0.2) is 5.69 Å². The van der Waals surface area contributed by atoms with E-state index < -0.39 is 0 Å². The average molecular weight is 362 g/mol. The summed E-state index contributed by atoms with van der Waals surface area (Å²) in [5.41, 5.74) is 1.29.